The third-order valence-corrected chi connectivity index (χ3v) is 7.08. The Bertz CT molecular complexity index is 680. The van der Waals surface area contributed by atoms with Gasteiger partial charge in [-0.15, -0.1) is 0 Å². The maximum absolute atomic E-state index is 12.7. The van der Waals surface area contributed by atoms with Gasteiger partial charge in [-0.25, -0.2) is 4.98 Å². The number of carbonyl (C=O) groups is 1. The van der Waals surface area contributed by atoms with E-state index >= 15 is 0 Å². The monoisotopic (exact) mass is 360 g/mol. The lowest BCUT2D eigenvalue weighted by molar-refractivity contribution is 0.107. The van der Waals surface area contributed by atoms with E-state index in [0.29, 0.717) is 11.1 Å². The van der Waals surface area contributed by atoms with Crippen LogP contribution in [0.2, 0.25) is 0 Å². The molecule has 0 bridgehead atoms. The third-order valence-electron chi connectivity index (χ3n) is 4.95. The zero-order valence-electron chi connectivity index (χ0n) is 14.3. The molecule has 0 N–H and O–H groups in total. The molecule has 1 heterocycles. The lowest BCUT2D eigenvalue weighted by Crippen LogP contribution is -2.35. The molecule has 1 aromatic heterocycles. The SMILES string of the molecule is CSCC1(CSC(=O)c2cncn2C(C)c2ccccc2)CCC1. The number of hydrogen-bond acceptors (Lipinski definition) is 4. The van der Waals surface area contributed by atoms with Crippen LogP contribution in [0, 0.1) is 5.41 Å². The molecule has 0 saturated heterocycles. The lowest BCUT2D eigenvalue weighted by Gasteiger charge is -2.41. The average molecular weight is 361 g/mol. The molecule has 1 aromatic carbocycles. The summed E-state index contributed by atoms with van der Waals surface area (Å²) in [6, 6.07) is 10.4. The molecule has 3 rings (SSSR count). The van der Waals surface area contributed by atoms with Crippen molar-refractivity contribution in [3.05, 3.63) is 54.1 Å². The van der Waals surface area contributed by atoms with Gasteiger partial charge in [-0.2, -0.15) is 11.8 Å². The minimum Gasteiger partial charge on any atom is -0.320 e. The van der Waals surface area contributed by atoms with Crippen molar-refractivity contribution >= 4 is 28.6 Å². The molecule has 1 fully saturated rings. The highest BCUT2D eigenvalue weighted by Gasteiger charge is 2.37. The van der Waals surface area contributed by atoms with Gasteiger partial charge in [-0.05, 0) is 42.8 Å². The van der Waals surface area contributed by atoms with Crippen molar-refractivity contribution in [2.24, 2.45) is 5.41 Å². The molecule has 0 amide bonds. The van der Waals surface area contributed by atoms with Crippen molar-refractivity contribution in [2.75, 3.05) is 17.8 Å². The van der Waals surface area contributed by atoms with Gasteiger partial charge in [0.2, 0.25) is 5.12 Å². The Morgan fingerprint density at radius 1 is 1.29 bits per heavy atom. The van der Waals surface area contributed by atoms with Crippen LogP contribution in [0.3, 0.4) is 0 Å². The number of nitrogens with zero attached hydrogens (tertiary/aromatic N) is 2. The first kappa shape index (κ1) is 17.6. The number of rotatable bonds is 7. The number of benzene rings is 1. The normalized spacial score (nSPS) is 17.2. The minimum atomic E-state index is 0.108. The van der Waals surface area contributed by atoms with E-state index in [9.17, 15) is 4.79 Å². The summed E-state index contributed by atoms with van der Waals surface area (Å²) in [5.41, 5.74) is 2.26. The number of hydrogen-bond donors (Lipinski definition) is 0. The molecule has 3 nitrogen and oxygen atoms in total. The van der Waals surface area contributed by atoms with Gasteiger partial charge < -0.3 is 4.57 Å². The molecule has 1 aliphatic rings. The predicted octanol–water partition coefficient (Wildman–Crippen LogP) is 4.90. The van der Waals surface area contributed by atoms with Crippen LogP contribution in [0.25, 0.3) is 0 Å². The third kappa shape index (κ3) is 3.72. The van der Waals surface area contributed by atoms with Crippen molar-refractivity contribution in [2.45, 2.75) is 32.2 Å². The molecule has 1 aliphatic carbocycles. The molecule has 1 saturated carbocycles. The molecular formula is C19H24N2OS2. The van der Waals surface area contributed by atoms with Gasteiger partial charge in [0.15, 0.2) is 0 Å². The maximum atomic E-state index is 12.7. The number of carbonyl (C=O) groups excluding carboxylic acids is 1. The second-order valence-electron chi connectivity index (χ2n) is 6.64. The highest BCUT2D eigenvalue weighted by atomic mass is 32.2. The first-order valence-corrected chi connectivity index (χ1v) is 10.8. The smallest absolute Gasteiger partial charge is 0.237 e. The van der Waals surface area contributed by atoms with Crippen LogP contribution in [0.1, 0.15) is 48.3 Å². The van der Waals surface area contributed by atoms with Crippen molar-refractivity contribution in [3.8, 4) is 0 Å². The summed E-state index contributed by atoms with van der Waals surface area (Å²) < 4.78 is 1.99. The summed E-state index contributed by atoms with van der Waals surface area (Å²) in [4.78, 5) is 17.0. The molecule has 1 atom stereocenters. The first-order valence-electron chi connectivity index (χ1n) is 8.38. The van der Waals surface area contributed by atoms with Crippen molar-refractivity contribution in [3.63, 3.8) is 0 Å². The fraction of sp³-hybridized carbons (Fsp3) is 0.474. The summed E-state index contributed by atoms with van der Waals surface area (Å²) in [7, 11) is 0. The van der Waals surface area contributed by atoms with Crippen LogP contribution in [-0.2, 0) is 0 Å². The quantitative estimate of drug-likeness (QED) is 0.703. The van der Waals surface area contributed by atoms with E-state index in [-0.39, 0.29) is 11.2 Å². The highest BCUT2D eigenvalue weighted by molar-refractivity contribution is 8.14. The van der Waals surface area contributed by atoms with E-state index in [4.69, 9.17) is 0 Å². The topological polar surface area (TPSA) is 34.9 Å². The Morgan fingerprint density at radius 3 is 2.67 bits per heavy atom. The Labute approximate surface area is 152 Å². The van der Waals surface area contributed by atoms with Gasteiger partial charge in [-0.3, -0.25) is 4.79 Å². The summed E-state index contributed by atoms with van der Waals surface area (Å²) in [5, 5.41) is 0.141. The fourth-order valence-corrected chi connectivity index (χ4v) is 5.54. The van der Waals surface area contributed by atoms with Crippen LogP contribution in [0.15, 0.2) is 42.9 Å². The molecule has 0 radical (unpaired) electrons. The maximum Gasteiger partial charge on any atom is 0.237 e. The van der Waals surface area contributed by atoms with E-state index in [1.165, 1.54) is 36.6 Å². The number of imidazole rings is 1. The lowest BCUT2D eigenvalue weighted by atomic mass is 9.72. The summed E-state index contributed by atoms with van der Waals surface area (Å²) in [6.07, 6.45) is 9.45. The van der Waals surface area contributed by atoms with E-state index in [2.05, 4.69) is 30.3 Å². The number of thioether (sulfide) groups is 2. The molecular weight excluding hydrogens is 336 g/mol. The molecule has 0 aliphatic heterocycles. The Balaban J connectivity index is 1.69. The zero-order chi connectivity index (χ0) is 17.0. The van der Waals surface area contributed by atoms with E-state index in [1.807, 2.05) is 34.5 Å². The highest BCUT2D eigenvalue weighted by Crippen LogP contribution is 2.45. The molecule has 24 heavy (non-hydrogen) atoms. The van der Waals surface area contributed by atoms with Gasteiger partial charge in [0.05, 0.1) is 18.6 Å². The fourth-order valence-electron chi connectivity index (χ4n) is 3.27. The van der Waals surface area contributed by atoms with Crippen LogP contribution < -0.4 is 0 Å². The van der Waals surface area contributed by atoms with Crippen LogP contribution in [0.4, 0.5) is 0 Å². The molecule has 5 heteroatoms. The van der Waals surface area contributed by atoms with Gasteiger partial charge in [0.25, 0.3) is 0 Å². The second kappa shape index (κ2) is 7.79. The predicted molar refractivity (Wildman–Crippen MR) is 104 cm³/mol. The van der Waals surface area contributed by atoms with Crippen molar-refractivity contribution in [1.29, 1.82) is 0 Å². The summed E-state index contributed by atoms with van der Waals surface area (Å²) in [5.74, 6) is 2.09. The summed E-state index contributed by atoms with van der Waals surface area (Å²) in [6.45, 7) is 2.11. The zero-order valence-corrected chi connectivity index (χ0v) is 15.9. The Morgan fingerprint density at radius 2 is 2.04 bits per heavy atom. The molecule has 0 spiro atoms. The van der Waals surface area contributed by atoms with Gasteiger partial charge in [-0.1, -0.05) is 48.5 Å². The molecule has 2 aromatic rings. The first-order chi connectivity index (χ1) is 11.7. The van der Waals surface area contributed by atoms with Crippen LogP contribution in [-0.4, -0.2) is 32.4 Å². The largest absolute Gasteiger partial charge is 0.320 e. The van der Waals surface area contributed by atoms with Crippen LogP contribution >= 0.6 is 23.5 Å². The second-order valence-corrected chi connectivity index (χ2v) is 8.45. The molecule has 1 unspecified atom stereocenters. The van der Waals surface area contributed by atoms with E-state index in [0.717, 1.165) is 11.5 Å². The van der Waals surface area contributed by atoms with Gasteiger partial charge in [0, 0.05) is 5.75 Å². The minimum absolute atomic E-state index is 0.108. The van der Waals surface area contributed by atoms with Crippen molar-refractivity contribution < 1.29 is 4.79 Å². The van der Waals surface area contributed by atoms with Gasteiger partial charge in [0.1, 0.15) is 5.69 Å². The summed E-state index contributed by atoms with van der Waals surface area (Å²) >= 11 is 3.37. The van der Waals surface area contributed by atoms with E-state index < -0.39 is 0 Å². The number of aromatic nitrogens is 2. The molecule has 128 valence electrons. The van der Waals surface area contributed by atoms with Crippen molar-refractivity contribution in [1.82, 2.24) is 9.55 Å². The standard InChI is InChI=1S/C19H24N2OS2/c1-15(16-7-4-3-5-8-16)21-14-20-11-17(21)18(22)24-13-19(12-23-2)9-6-10-19/h3-5,7-8,11,14-15H,6,9-10,12-13H2,1-2H3. The van der Waals surface area contributed by atoms with Crippen LogP contribution in [0.5, 0.6) is 0 Å². The Kier molecular flexibility index (Phi) is 5.72. The average Bonchev–Trinajstić information content (AvgIpc) is 3.06. The van der Waals surface area contributed by atoms with E-state index in [1.54, 1.807) is 12.5 Å². The Hall–Kier alpha value is -1.20. The van der Waals surface area contributed by atoms with Gasteiger partial charge >= 0.3 is 0 Å².